The SMILES string of the molecule is C1=CC2=C(c3ccc4ccc5cccnc5c4n3)C=CC(c3c4ccccc4nc4c3ccc3cccnc34)C2N=C1. The molecule has 2 unspecified atom stereocenters. The number of benzene rings is 3. The van der Waals surface area contributed by atoms with Crippen molar-refractivity contribution in [3.8, 4) is 0 Å². The zero-order chi connectivity index (χ0) is 27.6. The van der Waals surface area contributed by atoms with Crippen LogP contribution in [0.15, 0.2) is 132 Å². The van der Waals surface area contributed by atoms with Gasteiger partial charge in [-0.1, -0.05) is 78.9 Å². The van der Waals surface area contributed by atoms with Crippen LogP contribution in [0, 0.1) is 0 Å². The number of aromatic nitrogens is 4. The molecule has 0 saturated heterocycles. The summed E-state index contributed by atoms with van der Waals surface area (Å²) in [7, 11) is 0. The van der Waals surface area contributed by atoms with Gasteiger partial charge in [-0.05, 0) is 41.5 Å². The summed E-state index contributed by atoms with van der Waals surface area (Å²) >= 11 is 0. The van der Waals surface area contributed by atoms with Gasteiger partial charge in [0.1, 0.15) is 0 Å². The third kappa shape index (κ3) is 3.40. The number of allylic oxidation sites excluding steroid dienone is 3. The molecule has 196 valence electrons. The lowest BCUT2D eigenvalue weighted by Crippen LogP contribution is -2.23. The van der Waals surface area contributed by atoms with Crippen LogP contribution < -0.4 is 0 Å². The Balaban J connectivity index is 1.26. The van der Waals surface area contributed by atoms with E-state index in [-0.39, 0.29) is 12.0 Å². The van der Waals surface area contributed by atoms with E-state index in [1.807, 2.05) is 36.8 Å². The van der Waals surface area contributed by atoms with Crippen LogP contribution in [0.25, 0.3) is 60.1 Å². The van der Waals surface area contributed by atoms with Crippen LogP contribution in [-0.2, 0) is 0 Å². The number of hydrogen-bond acceptors (Lipinski definition) is 5. The minimum absolute atomic E-state index is 0.0180. The van der Waals surface area contributed by atoms with Crippen molar-refractivity contribution in [2.75, 3.05) is 0 Å². The highest BCUT2D eigenvalue weighted by Crippen LogP contribution is 2.44. The summed E-state index contributed by atoms with van der Waals surface area (Å²) in [5.74, 6) is 0.0180. The number of nitrogens with zero attached hydrogens (tertiary/aromatic N) is 5. The zero-order valence-corrected chi connectivity index (χ0v) is 22.5. The third-order valence-electron chi connectivity index (χ3n) is 8.55. The summed E-state index contributed by atoms with van der Waals surface area (Å²) in [6.45, 7) is 0. The molecule has 9 rings (SSSR count). The Morgan fingerprint density at radius 3 is 2.17 bits per heavy atom. The first-order chi connectivity index (χ1) is 20.8. The van der Waals surface area contributed by atoms with Crippen LogP contribution in [0.2, 0.25) is 0 Å². The normalized spacial score (nSPS) is 18.1. The van der Waals surface area contributed by atoms with Crippen LogP contribution in [0.4, 0.5) is 0 Å². The molecule has 4 aromatic heterocycles. The average Bonchev–Trinajstić information content (AvgIpc) is 3.06. The topological polar surface area (TPSA) is 63.9 Å². The highest BCUT2D eigenvalue weighted by molar-refractivity contribution is 6.09. The fourth-order valence-electron chi connectivity index (χ4n) is 6.65. The van der Waals surface area contributed by atoms with Crippen LogP contribution in [0.3, 0.4) is 0 Å². The fraction of sp³-hybridized carbons (Fsp3) is 0.0541. The molecule has 42 heavy (non-hydrogen) atoms. The van der Waals surface area contributed by atoms with Gasteiger partial charge in [0, 0.05) is 57.0 Å². The minimum atomic E-state index is -0.0911. The van der Waals surface area contributed by atoms with E-state index in [9.17, 15) is 0 Å². The largest absolute Gasteiger partial charge is 0.284 e. The molecule has 1 aliphatic heterocycles. The maximum atomic E-state index is 5.17. The Kier molecular flexibility index (Phi) is 4.96. The van der Waals surface area contributed by atoms with Gasteiger partial charge in [0.05, 0.1) is 39.3 Å². The van der Waals surface area contributed by atoms with E-state index in [4.69, 9.17) is 19.9 Å². The Morgan fingerprint density at radius 1 is 0.571 bits per heavy atom. The van der Waals surface area contributed by atoms with Gasteiger partial charge in [0.15, 0.2) is 0 Å². The van der Waals surface area contributed by atoms with E-state index < -0.39 is 0 Å². The molecule has 0 radical (unpaired) electrons. The molecular weight excluding hydrogens is 514 g/mol. The number of pyridine rings is 4. The van der Waals surface area contributed by atoms with Crippen molar-refractivity contribution in [3.05, 3.63) is 138 Å². The van der Waals surface area contributed by atoms with Crippen molar-refractivity contribution in [2.45, 2.75) is 12.0 Å². The summed E-state index contributed by atoms with van der Waals surface area (Å²) < 4.78 is 0. The lowest BCUT2D eigenvalue weighted by Gasteiger charge is -2.31. The molecule has 2 aliphatic rings. The monoisotopic (exact) mass is 537 g/mol. The molecule has 0 saturated carbocycles. The highest BCUT2D eigenvalue weighted by atomic mass is 14.8. The van der Waals surface area contributed by atoms with E-state index in [2.05, 4.69) is 96.0 Å². The van der Waals surface area contributed by atoms with E-state index in [0.717, 1.165) is 71.4 Å². The number of hydrogen-bond donors (Lipinski definition) is 0. The van der Waals surface area contributed by atoms with Crippen molar-refractivity contribution in [2.24, 2.45) is 4.99 Å². The van der Waals surface area contributed by atoms with Crippen molar-refractivity contribution in [3.63, 3.8) is 0 Å². The molecule has 5 nitrogen and oxygen atoms in total. The predicted molar refractivity (Wildman–Crippen MR) is 172 cm³/mol. The molecule has 0 spiro atoms. The van der Waals surface area contributed by atoms with Crippen molar-refractivity contribution in [1.82, 2.24) is 19.9 Å². The van der Waals surface area contributed by atoms with E-state index in [1.54, 1.807) is 0 Å². The van der Waals surface area contributed by atoms with Crippen LogP contribution in [0.1, 0.15) is 17.2 Å². The molecule has 0 fully saturated rings. The molecule has 1 aliphatic carbocycles. The van der Waals surface area contributed by atoms with Gasteiger partial charge < -0.3 is 0 Å². The Morgan fingerprint density at radius 2 is 1.31 bits per heavy atom. The summed E-state index contributed by atoms with van der Waals surface area (Å²) in [6.07, 6.45) is 14.4. The smallest absolute Gasteiger partial charge is 0.0975 e. The fourth-order valence-corrected chi connectivity index (χ4v) is 6.65. The molecule has 0 amide bonds. The summed E-state index contributed by atoms with van der Waals surface area (Å²) in [6, 6.07) is 29.3. The van der Waals surface area contributed by atoms with Crippen molar-refractivity contribution >= 4 is 66.3 Å². The molecule has 2 atom stereocenters. The number of para-hydroxylation sites is 1. The van der Waals surface area contributed by atoms with Gasteiger partial charge in [-0.2, -0.15) is 0 Å². The first-order valence-corrected chi connectivity index (χ1v) is 14.2. The zero-order valence-electron chi connectivity index (χ0n) is 22.5. The lowest BCUT2D eigenvalue weighted by atomic mass is 9.77. The summed E-state index contributed by atoms with van der Waals surface area (Å²) in [5, 5.41) is 5.51. The van der Waals surface area contributed by atoms with Crippen LogP contribution in [0.5, 0.6) is 0 Å². The lowest BCUT2D eigenvalue weighted by molar-refractivity contribution is 0.702. The average molecular weight is 538 g/mol. The van der Waals surface area contributed by atoms with Crippen LogP contribution in [-0.4, -0.2) is 32.2 Å². The van der Waals surface area contributed by atoms with Gasteiger partial charge in [0.25, 0.3) is 0 Å². The van der Waals surface area contributed by atoms with E-state index in [0.29, 0.717) is 0 Å². The van der Waals surface area contributed by atoms with Gasteiger partial charge >= 0.3 is 0 Å². The predicted octanol–water partition coefficient (Wildman–Crippen LogP) is 8.15. The molecule has 0 bridgehead atoms. The first-order valence-electron chi connectivity index (χ1n) is 14.2. The number of rotatable bonds is 2. The second kappa shape index (κ2) is 8.98. The van der Waals surface area contributed by atoms with Crippen molar-refractivity contribution in [1.29, 1.82) is 0 Å². The molecular formula is C37H23N5. The standard InChI is InChI=1S/C37H23N5/c1-2-10-30-27(8-1)32(29-15-13-23-7-4-20-39-34(23)37(29)42-30)28-17-16-25(26-9-5-21-40-36(26)28)31-18-14-24-12-11-22-6-3-19-38-33(22)35(24)41-31/h1-21,28,36H. The first kappa shape index (κ1) is 23.2. The molecule has 3 aromatic carbocycles. The molecule has 0 N–H and O–H groups in total. The van der Waals surface area contributed by atoms with E-state index in [1.165, 1.54) is 5.56 Å². The Bertz CT molecular complexity index is 2380. The van der Waals surface area contributed by atoms with Crippen molar-refractivity contribution < 1.29 is 0 Å². The Hall–Kier alpha value is -5.55. The number of dihydropyridines is 1. The summed E-state index contributed by atoms with van der Waals surface area (Å²) in [5.41, 5.74) is 9.07. The second-order valence-corrected chi connectivity index (χ2v) is 10.8. The minimum Gasteiger partial charge on any atom is -0.284 e. The van der Waals surface area contributed by atoms with Gasteiger partial charge in [-0.25, -0.2) is 9.97 Å². The summed E-state index contributed by atoms with van der Waals surface area (Å²) in [4.78, 5) is 24.8. The van der Waals surface area contributed by atoms with Gasteiger partial charge in [-0.3, -0.25) is 15.0 Å². The van der Waals surface area contributed by atoms with Crippen LogP contribution >= 0.6 is 0 Å². The maximum absolute atomic E-state index is 5.17. The molecule has 5 heterocycles. The van der Waals surface area contributed by atoms with E-state index >= 15 is 0 Å². The maximum Gasteiger partial charge on any atom is 0.0975 e. The number of aliphatic imine (C=N–C) groups is 1. The Labute approximate surface area is 241 Å². The number of fused-ring (bicyclic) bond motifs is 8. The highest BCUT2D eigenvalue weighted by Gasteiger charge is 2.32. The molecule has 7 aromatic rings. The van der Waals surface area contributed by atoms with Gasteiger partial charge in [0.2, 0.25) is 0 Å². The third-order valence-corrected chi connectivity index (χ3v) is 8.55. The molecule has 5 heteroatoms. The quantitative estimate of drug-likeness (QED) is 0.165. The second-order valence-electron chi connectivity index (χ2n) is 10.8. The van der Waals surface area contributed by atoms with Gasteiger partial charge in [-0.15, -0.1) is 0 Å².